The van der Waals surface area contributed by atoms with Crippen molar-refractivity contribution >= 4 is 17.7 Å². The Morgan fingerprint density at radius 3 is 2.32 bits per heavy atom. The van der Waals surface area contributed by atoms with Crippen molar-refractivity contribution in [1.82, 2.24) is 9.55 Å². The lowest BCUT2D eigenvalue weighted by molar-refractivity contribution is -0.0351. The van der Waals surface area contributed by atoms with Crippen molar-refractivity contribution in [2.75, 3.05) is 11.9 Å². The molecule has 0 aliphatic carbocycles. The summed E-state index contributed by atoms with van der Waals surface area (Å²) in [6.07, 6.45) is 0.0145. The molecule has 1 aromatic heterocycles. The number of esters is 1. The third-order valence-corrected chi connectivity index (χ3v) is 5.01. The molecule has 2 aromatic carbocycles. The van der Waals surface area contributed by atoms with Gasteiger partial charge in [-0.3, -0.25) is 9.36 Å². The number of hydrogen-bond donors (Lipinski definition) is 1. The second-order valence-corrected chi connectivity index (χ2v) is 7.26. The first-order valence-corrected chi connectivity index (χ1v) is 9.86. The number of rotatable bonds is 5. The van der Waals surface area contributed by atoms with Crippen LogP contribution in [0.3, 0.4) is 0 Å². The molecule has 1 aliphatic rings. The van der Waals surface area contributed by atoms with Gasteiger partial charge in [0, 0.05) is 17.7 Å². The first-order valence-electron chi connectivity index (χ1n) is 9.86. The summed E-state index contributed by atoms with van der Waals surface area (Å²) in [7, 11) is 0. The summed E-state index contributed by atoms with van der Waals surface area (Å²) in [6.45, 7) is 2.21. The summed E-state index contributed by atoms with van der Waals surface area (Å²) in [6, 6.07) is 18.8. The van der Waals surface area contributed by atoms with Gasteiger partial charge in [-0.1, -0.05) is 43.3 Å². The molecular formula is C23H21N3O5. The number of carbonyl (C=O) groups excluding carboxylic acids is 2. The molecule has 1 amide bonds. The molecule has 1 saturated heterocycles. The predicted octanol–water partition coefficient (Wildman–Crippen LogP) is 2.89. The maximum Gasteiger partial charge on any atom is 0.351 e. The maximum absolute atomic E-state index is 12.6. The third kappa shape index (κ3) is 4.54. The zero-order valence-electron chi connectivity index (χ0n) is 16.8. The van der Waals surface area contributed by atoms with Crippen LogP contribution in [0.25, 0.3) is 0 Å². The van der Waals surface area contributed by atoms with Crippen LogP contribution in [-0.4, -0.2) is 34.1 Å². The maximum atomic E-state index is 12.6. The SMILES string of the molecule is C[C@H]1CO[C@@H](n2ccc(NC(=O)c3ccccc3)nc2=O)[C@@H]1OC(=O)c1ccccc1. The Morgan fingerprint density at radius 2 is 1.68 bits per heavy atom. The predicted molar refractivity (Wildman–Crippen MR) is 113 cm³/mol. The number of anilines is 1. The van der Waals surface area contributed by atoms with Crippen LogP contribution in [-0.2, 0) is 9.47 Å². The molecule has 1 N–H and O–H groups in total. The zero-order valence-corrected chi connectivity index (χ0v) is 16.8. The average molecular weight is 419 g/mol. The molecule has 3 atom stereocenters. The van der Waals surface area contributed by atoms with Gasteiger partial charge in [0.15, 0.2) is 12.3 Å². The highest BCUT2D eigenvalue weighted by molar-refractivity contribution is 6.03. The lowest BCUT2D eigenvalue weighted by Crippen LogP contribution is -2.36. The Kier molecular flexibility index (Phi) is 5.90. The number of aromatic nitrogens is 2. The Bertz CT molecular complexity index is 1130. The zero-order chi connectivity index (χ0) is 21.8. The molecule has 1 aliphatic heterocycles. The lowest BCUT2D eigenvalue weighted by atomic mass is 10.1. The van der Waals surface area contributed by atoms with Gasteiger partial charge in [-0.25, -0.2) is 9.59 Å². The molecule has 158 valence electrons. The summed E-state index contributed by atoms with van der Waals surface area (Å²) >= 11 is 0. The second-order valence-electron chi connectivity index (χ2n) is 7.26. The highest BCUT2D eigenvalue weighted by Crippen LogP contribution is 2.31. The molecule has 1 fully saturated rings. The van der Waals surface area contributed by atoms with E-state index in [0.29, 0.717) is 17.7 Å². The summed E-state index contributed by atoms with van der Waals surface area (Å²) in [5, 5.41) is 2.60. The number of nitrogens with one attached hydrogen (secondary N) is 1. The quantitative estimate of drug-likeness (QED) is 0.639. The normalized spacial score (nSPS) is 20.2. The van der Waals surface area contributed by atoms with Crippen LogP contribution in [0.2, 0.25) is 0 Å². The van der Waals surface area contributed by atoms with E-state index in [9.17, 15) is 14.4 Å². The third-order valence-electron chi connectivity index (χ3n) is 5.01. The number of nitrogens with zero attached hydrogens (tertiary/aromatic N) is 2. The van der Waals surface area contributed by atoms with Crippen LogP contribution in [0.15, 0.2) is 77.7 Å². The summed E-state index contributed by atoms with van der Waals surface area (Å²) in [5.74, 6) is -0.840. The Labute approximate surface area is 178 Å². The average Bonchev–Trinajstić information content (AvgIpc) is 3.15. The van der Waals surface area contributed by atoms with Gasteiger partial charge >= 0.3 is 11.7 Å². The Balaban J connectivity index is 1.51. The van der Waals surface area contributed by atoms with E-state index in [1.165, 1.54) is 16.8 Å². The van der Waals surface area contributed by atoms with Crippen LogP contribution in [0.1, 0.15) is 33.9 Å². The van der Waals surface area contributed by atoms with Crippen LogP contribution >= 0.6 is 0 Å². The van der Waals surface area contributed by atoms with Crippen molar-refractivity contribution in [2.24, 2.45) is 5.92 Å². The minimum absolute atomic E-state index is 0.109. The van der Waals surface area contributed by atoms with E-state index < -0.39 is 24.0 Å². The molecule has 8 nitrogen and oxygen atoms in total. The summed E-state index contributed by atoms with van der Waals surface area (Å²) < 4.78 is 12.7. The summed E-state index contributed by atoms with van der Waals surface area (Å²) in [4.78, 5) is 41.3. The van der Waals surface area contributed by atoms with E-state index in [2.05, 4.69) is 10.3 Å². The van der Waals surface area contributed by atoms with Crippen molar-refractivity contribution in [1.29, 1.82) is 0 Å². The van der Waals surface area contributed by atoms with Crippen molar-refractivity contribution in [2.45, 2.75) is 19.3 Å². The van der Waals surface area contributed by atoms with Gasteiger partial charge in [0.25, 0.3) is 5.91 Å². The van der Waals surface area contributed by atoms with Gasteiger partial charge in [0.2, 0.25) is 0 Å². The van der Waals surface area contributed by atoms with Crippen molar-refractivity contribution in [3.05, 3.63) is 94.5 Å². The van der Waals surface area contributed by atoms with Gasteiger partial charge in [-0.2, -0.15) is 4.98 Å². The topological polar surface area (TPSA) is 99.5 Å². The van der Waals surface area contributed by atoms with E-state index in [1.807, 2.05) is 13.0 Å². The van der Waals surface area contributed by atoms with Crippen LogP contribution in [0, 0.1) is 5.92 Å². The van der Waals surface area contributed by atoms with Gasteiger partial charge < -0.3 is 14.8 Å². The Morgan fingerprint density at radius 1 is 1.03 bits per heavy atom. The fourth-order valence-corrected chi connectivity index (χ4v) is 3.35. The van der Waals surface area contributed by atoms with Gasteiger partial charge in [0.1, 0.15) is 5.82 Å². The number of hydrogen-bond acceptors (Lipinski definition) is 6. The molecule has 0 spiro atoms. The van der Waals surface area contributed by atoms with E-state index in [4.69, 9.17) is 9.47 Å². The lowest BCUT2D eigenvalue weighted by Gasteiger charge is -2.23. The fourth-order valence-electron chi connectivity index (χ4n) is 3.35. The molecule has 2 heterocycles. The molecular weight excluding hydrogens is 398 g/mol. The number of carbonyl (C=O) groups is 2. The van der Waals surface area contributed by atoms with E-state index >= 15 is 0 Å². The van der Waals surface area contributed by atoms with Gasteiger partial charge in [-0.05, 0) is 30.3 Å². The number of ether oxygens (including phenoxy) is 2. The van der Waals surface area contributed by atoms with Gasteiger partial charge in [0.05, 0.1) is 12.2 Å². The Hall–Kier alpha value is -3.78. The fraction of sp³-hybridized carbons (Fsp3) is 0.217. The van der Waals surface area contributed by atoms with Crippen LogP contribution < -0.4 is 11.0 Å². The molecule has 0 radical (unpaired) electrons. The van der Waals surface area contributed by atoms with Crippen LogP contribution in [0.4, 0.5) is 5.82 Å². The first-order chi connectivity index (χ1) is 15.0. The number of amides is 1. The smallest absolute Gasteiger partial charge is 0.351 e. The minimum atomic E-state index is -0.804. The molecule has 4 rings (SSSR count). The summed E-state index contributed by atoms with van der Waals surface area (Å²) in [5.41, 5.74) is 0.254. The molecule has 0 saturated carbocycles. The molecule has 31 heavy (non-hydrogen) atoms. The standard InChI is InChI=1S/C23H21N3O5/c1-15-14-30-21(19(15)31-22(28)17-10-6-3-7-11-17)26-13-12-18(25-23(26)29)24-20(27)16-8-4-2-5-9-16/h2-13,15,19,21H,14H2,1H3,(H,24,25,27,29)/t15-,19+,21+/m0/s1. The minimum Gasteiger partial charge on any atom is -0.454 e. The van der Waals surface area contributed by atoms with Crippen molar-refractivity contribution < 1.29 is 19.1 Å². The monoisotopic (exact) mass is 419 g/mol. The molecule has 0 bridgehead atoms. The largest absolute Gasteiger partial charge is 0.454 e. The van der Waals surface area contributed by atoms with E-state index in [-0.39, 0.29) is 17.6 Å². The van der Waals surface area contributed by atoms with Gasteiger partial charge in [-0.15, -0.1) is 0 Å². The number of benzene rings is 2. The second kappa shape index (κ2) is 8.93. The van der Waals surface area contributed by atoms with Crippen LogP contribution in [0.5, 0.6) is 0 Å². The molecule has 3 aromatic rings. The van der Waals surface area contributed by atoms with Crippen molar-refractivity contribution in [3.63, 3.8) is 0 Å². The molecule has 0 unspecified atom stereocenters. The van der Waals surface area contributed by atoms with E-state index in [0.717, 1.165) is 0 Å². The first kappa shape index (κ1) is 20.5. The highest BCUT2D eigenvalue weighted by atomic mass is 16.6. The molecule has 8 heteroatoms. The highest BCUT2D eigenvalue weighted by Gasteiger charge is 2.39. The van der Waals surface area contributed by atoms with E-state index in [1.54, 1.807) is 54.6 Å². The van der Waals surface area contributed by atoms with Crippen molar-refractivity contribution in [3.8, 4) is 0 Å².